The van der Waals surface area contributed by atoms with Crippen molar-refractivity contribution in [3.8, 4) is 0 Å². The SMILES string of the molecule is Cc1ccccc1C(C)CC(=O)N1CCC(C)CC1C(=O)O. The molecule has 4 heteroatoms. The van der Waals surface area contributed by atoms with Gasteiger partial charge in [0.2, 0.25) is 5.91 Å². The van der Waals surface area contributed by atoms with Crippen LogP contribution in [0, 0.1) is 12.8 Å². The maximum atomic E-state index is 12.6. The number of hydrogen-bond donors (Lipinski definition) is 1. The van der Waals surface area contributed by atoms with Gasteiger partial charge in [0.05, 0.1) is 0 Å². The van der Waals surface area contributed by atoms with Gasteiger partial charge in [-0.3, -0.25) is 4.79 Å². The van der Waals surface area contributed by atoms with Crippen LogP contribution in [0.3, 0.4) is 0 Å². The first-order valence-electron chi connectivity index (χ1n) is 7.98. The highest BCUT2D eigenvalue weighted by Gasteiger charge is 2.35. The molecule has 0 radical (unpaired) electrons. The largest absolute Gasteiger partial charge is 0.480 e. The molecular weight excluding hydrogens is 278 g/mol. The van der Waals surface area contributed by atoms with Crippen molar-refractivity contribution in [1.82, 2.24) is 4.90 Å². The Morgan fingerprint density at radius 1 is 1.36 bits per heavy atom. The van der Waals surface area contributed by atoms with Crippen LogP contribution >= 0.6 is 0 Å². The van der Waals surface area contributed by atoms with Crippen molar-refractivity contribution < 1.29 is 14.7 Å². The molecule has 0 aromatic heterocycles. The maximum absolute atomic E-state index is 12.6. The molecule has 1 fully saturated rings. The molecule has 0 saturated carbocycles. The van der Waals surface area contributed by atoms with Crippen LogP contribution in [0.1, 0.15) is 50.2 Å². The van der Waals surface area contributed by atoms with E-state index in [-0.39, 0.29) is 11.8 Å². The number of benzene rings is 1. The van der Waals surface area contributed by atoms with Gasteiger partial charge in [0.25, 0.3) is 0 Å². The molecule has 1 heterocycles. The summed E-state index contributed by atoms with van der Waals surface area (Å²) in [6.07, 6.45) is 1.80. The summed E-state index contributed by atoms with van der Waals surface area (Å²) in [5.74, 6) is -0.472. The summed E-state index contributed by atoms with van der Waals surface area (Å²) in [6.45, 7) is 6.67. The number of likely N-dealkylation sites (tertiary alicyclic amines) is 1. The van der Waals surface area contributed by atoms with E-state index in [0.29, 0.717) is 25.3 Å². The fourth-order valence-corrected chi connectivity index (χ4v) is 3.30. The number of carbonyl (C=O) groups excluding carboxylic acids is 1. The molecule has 1 aromatic rings. The van der Waals surface area contributed by atoms with Gasteiger partial charge in [0, 0.05) is 13.0 Å². The Hall–Kier alpha value is -1.84. The van der Waals surface area contributed by atoms with Crippen LogP contribution in [0.2, 0.25) is 0 Å². The van der Waals surface area contributed by atoms with Gasteiger partial charge in [-0.05, 0) is 42.7 Å². The third-order valence-electron chi connectivity index (χ3n) is 4.67. The van der Waals surface area contributed by atoms with Gasteiger partial charge < -0.3 is 10.0 Å². The average molecular weight is 303 g/mol. The smallest absolute Gasteiger partial charge is 0.326 e. The number of piperidine rings is 1. The summed E-state index contributed by atoms with van der Waals surface area (Å²) >= 11 is 0. The van der Waals surface area contributed by atoms with Gasteiger partial charge in [-0.2, -0.15) is 0 Å². The van der Waals surface area contributed by atoms with E-state index in [1.807, 2.05) is 45.0 Å². The number of aliphatic carboxylic acids is 1. The van der Waals surface area contributed by atoms with E-state index >= 15 is 0 Å². The lowest BCUT2D eigenvalue weighted by Crippen LogP contribution is -2.50. The van der Waals surface area contributed by atoms with Crippen molar-refractivity contribution in [2.45, 2.75) is 52.0 Å². The highest BCUT2D eigenvalue weighted by molar-refractivity contribution is 5.84. The molecule has 1 N–H and O–H groups in total. The number of rotatable bonds is 4. The first kappa shape index (κ1) is 16.5. The summed E-state index contributed by atoms with van der Waals surface area (Å²) in [5, 5.41) is 9.38. The van der Waals surface area contributed by atoms with E-state index in [4.69, 9.17) is 0 Å². The van der Waals surface area contributed by atoms with Gasteiger partial charge in [0.15, 0.2) is 0 Å². The van der Waals surface area contributed by atoms with Gasteiger partial charge in [-0.25, -0.2) is 4.79 Å². The Bertz CT molecular complexity index is 555. The molecule has 4 nitrogen and oxygen atoms in total. The van der Waals surface area contributed by atoms with Gasteiger partial charge >= 0.3 is 5.97 Å². The number of carboxylic acids is 1. The third kappa shape index (κ3) is 3.67. The molecule has 1 saturated heterocycles. The summed E-state index contributed by atoms with van der Waals surface area (Å²) in [6, 6.07) is 7.38. The van der Waals surface area contributed by atoms with Crippen LogP contribution in [0.15, 0.2) is 24.3 Å². The van der Waals surface area contributed by atoms with Crippen LogP contribution in [-0.2, 0) is 9.59 Å². The van der Waals surface area contributed by atoms with E-state index in [0.717, 1.165) is 12.0 Å². The van der Waals surface area contributed by atoms with Crippen molar-refractivity contribution in [3.63, 3.8) is 0 Å². The second-order valence-corrected chi connectivity index (χ2v) is 6.53. The van der Waals surface area contributed by atoms with Crippen LogP contribution in [-0.4, -0.2) is 34.5 Å². The topological polar surface area (TPSA) is 57.6 Å². The molecule has 3 unspecified atom stereocenters. The number of carboxylic acid groups (broad SMARTS) is 1. The predicted molar refractivity (Wildman–Crippen MR) is 85.7 cm³/mol. The van der Waals surface area contributed by atoms with Gasteiger partial charge in [-0.15, -0.1) is 0 Å². The molecule has 22 heavy (non-hydrogen) atoms. The lowest BCUT2D eigenvalue weighted by atomic mass is 9.90. The molecule has 2 rings (SSSR count). The molecule has 1 aliphatic rings. The molecule has 0 spiro atoms. The first-order chi connectivity index (χ1) is 10.4. The van der Waals surface area contributed by atoms with E-state index in [1.165, 1.54) is 5.56 Å². The highest BCUT2D eigenvalue weighted by atomic mass is 16.4. The van der Waals surface area contributed by atoms with Crippen molar-refractivity contribution in [2.75, 3.05) is 6.54 Å². The van der Waals surface area contributed by atoms with Crippen molar-refractivity contribution in [1.29, 1.82) is 0 Å². The number of carbonyl (C=O) groups is 2. The fourth-order valence-electron chi connectivity index (χ4n) is 3.30. The molecular formula is C18H25NO3. The second kappa shape index (κ2) is 6.95. The number of nitrogens with zero attached hydrogens (tertiary/aromatic N) is 1. The van der Waals surface area contributed by atoms with Crippen LogP contribution in [0.25, 0.3) is 0 Å². The van der Waals surface area contributed by atoms with E-state index in [2.05, 4.69) is 0 Å². The van der Waals surface area contributed by atoms with Crippen molar-refractivity contribution in [2.24, 2.45) is 5.92 Å². The van der Waals surface area contributed by atoms with Crippen molar-refractivity contribution >= 4 is 11.9 Å². The van der Waals surface area contributed by atoms with E-state index in [1.54, 1.807) is 4.90 Å². The normalized spacial score (nSPS) is 23.1. The van der Waals surface area contributed by atoms with Crippen molar-refractivity contribution in [3.05, 3.63) is 35.4 Å². The summed E-state index contributed by atoms with van der Waals surface area (Å²) in [7, 11) is 0. The minimum Gasteiger partial charge on any atom is -0.480 e. The quantitative estimate of drug-likeness (QED) is 0.929. The summed E-state index contributed by atoms with van der Waals surface area (Å²) in [4.78, 5) is 25.6. The number of aryl methyl sites for hydroxylation is 1. The molecule has 0 bridgehead atoms. The van der Waals surface area contributed by atoms with Crippen LogP contribution in [0.4, 0.5) is 0 Å². The summed E-state index contributed by atoms with van der Waals surface area (Å²) < 4.78 is 0. The zero-order valence-corrected chi connectivity index (χ0v) is 13.6. The first-order valence-corrected chi connectivity index (χ1v) is 7.98. The Morgan fingerprint density at radius 2 is 2.05 bits per heavy atom. The summed E-state index contributed by atoms with van der Waals surface area (Å²) in [5.41, 5.74) is 2.33. The Balaban J connectivity index is 2.07. The van der Waals surface area contributed by atoms with Crippen LogP contribution < -0.4 is 0 Å². The lowest BCUT2D eigenvalue weighted by molar-refractivity contribution is -0.153. The molecule has 3 atom stereocenters. The third-order valence-corrected chi connectivity index (χ3v) is 4.67. The van der Waals surface area contributed by atoms with Crippen LogP contribution in [0.5, 0.6) is 0 Å². The highest BCUT2D eigenvalue weighted by Crippen LogP contribution is 2.27. The minimum atomic E-state index is -0.886. The zero-order valence-electron chi connectivity index (χ0n) is 13.6. The molecule has 1 aliphatic heterocycles. The Labute approximate surface area is 132 Å². The molecule has 1 amide bonds. The van der Waals surface area contributed by atoms with Gasteiger partial charge in [-0.1, -0.05) is 38.1 Å². The Kier molecular flexibility index (Phi) is 5.22. The number of hydrogen-bond acceptors (Lipinski definition) is 2. The zero-order chi connectivity index (χ0) is 16.3. The maximum Gasteiger partial charge on any atom is 0.326 e. The minimum absolute atomic E-state index is 0.0462. The second-order valence-electron chi connectivity index (χ2n) is 6.53. The Morgan fingerprint density at radius 3 is 2.68 bits per heavy atom. The number of amides is 1. The standard InChI is InChI=1S/C18H25NO3/c1-12-8-9-19(16(10-12)18(21)22)17(20)11-14(3)15-7-5-4-6-13(15)2/h4-7,12,14,16H,8-11H2,1-3H3,(H,21,22). The van der Waals surface area contributed by atoms with E-state index in [9.17, 15) is 14.7 Å². The average Bonchev–Trinajstić information content (AvgIpc) is 2.47. The molecule has 0 aliphatic carbocycles. The fraction of sp³-hybridized carbons (Fsp3) is 0.556. The van der Waals surface area contributed by atoms with E-state index < -0.39 is 12.0 Å². The van der Waals surface area contributed by atoms with Gasteiger partial charge in [0.1, 0.15) is 6.04 Å². The lowest BCUT2D eigenvalue weighted by Gasteiger charge is -2.36. The predicted octanol–water partition coefficient (Wildman–Crippen LogP) is 3.20. The molecule has 1 aromatic carbocycles. The molecule has 120 valence electrons. The monoisotopic (exact) mass is 303 g/mol.